The summed E-state index contributed by atoms with van der Waals surface area (Å²) in [6.45, 7) is 4.34. The lowest BCUT2D eigenvalue weighted by Gasteiger charge is -2.24. The standard InChI is InChI=1S/C13H19NO3/c1-4-9-17-11-7-5-10(6-8-11)13(2,14-3)12(15)16/h5-8,14H,4,9H2,1-3H3,(H,15,16). The van der Waals surface area contributed by atoms with Crippen molar-refractivity contribution in [3.8, 4) is 5.75 Å². The van der Waals surface area contributed by atoms with E-state index >= 15 is 0 Å². The number of aliphatic carboxylic acids is 1. The van der Waals surface area contributed by atoms with Crippen LogP contribution in [0.4, 0.5) is 0 Å². The molecule has 0 fully saturated rings. The minimum atomic E-state index is -1.07. The number of hydrogen-bond donors (Lipinski definition) is 2. The summed E-state index contributed by atoms with van der Waals surface area (Å²) in [5.74, 6) is -0.137. The lowest BCUT2D eigenvalue weighted by Crippen LogP contribution is -2.44. The smallest absolute Gasteiger partial charge is 0.328 e. The molecule has 0 aliphatic rings. The monoisotopic (exact) mass is 237 g/mol. The van der Waals surface area contributed by atoms with Crippen LogP contribution < -0.4 is 10.1 Å². The number of likely N-dealkylation sites (N-methyl/N-ethyl adjacent to an activating group) is 1. The van der Waals surface area contributed by atoms with E-state index in [-0.39, 0.29) is 0 Å². The molecule has 17 heavy (non-hydrogen) atoms. The number of benzene rings is 1. The maximum atomic E-state index is 11.2. The molecule has 0 saturated carbocycles. The van der Waals surface area contributed by atoms with Gasteiger partial charge < -0.3 is 15.2 Å². The first-order valence-corrected chi connectivity index (χ1v) is 5.70. The molecule has 0 aliphatic carbocycles. The zero-order chi connectivity index (χ0) is 12.9. The van der Waals surface area contributed by atoms with E-state index in [2.05, 4.69) is 5.32 Å². The summed E-state index contributed by atoms with van der Waals surface area (Å²) >= 11 is 0. The highest BCUT2D eigenvalue weighted by molar-refractivity contribution is 5.80. The number of carbonyl (C=O) groups is 1. The Balaban J connectivity index is 2.89. The molecule has 0 amide bonds. The van der Waals surface area contributed by atoms with E-state index in [0.717, 1.165) is 12.2 Å². The molecule has 0 aromatic heterocycles. The Morgan fingerprint density at radius 3 is 2.41 bits per heavy atom. The molecule has 4 nitrogen and oxygen atoms in total. The normalized spacial score (nSPS) is 14.1. The van der Waals surface area contributed by atoms with Crippen molar-refractivity contribution in [2.24, 2.45) is 0 Å². The molecule has 0 heterocycles. The number of carboxylic acid groups (broad SMARTS) is 1. The third-order valence-corrected chi connectivity index (χ3v) is 2.83. The van der Waals surface area contributed by atoms with Gasteiger partial charge in [0, 0.05) is 0 Å². The first-order valence-electron chi connectivity index (χ1n) is 5.70. The summed E-state index contributed by atoms with van der Waals surface area (Å²) in [7, 11) is 1.63. The molecule has 0 aliphatic heterocycles. The van der Waals surface area contributed by atoms with Crippen LogP contribution in [-0.2, 0) is 10.3 Å². The number of rotatable bonds is 6. The van der Waals surface area contributed by atoms with Crippen LogP contribution in [0.2, 0.25) is 0 Å². The van der Waals surface area contributed by atoms with Crippen molar-refractivity contribution in [2.45, 2.75) is 25.8 Å². The molecule has 94 valence electrons. The second kappa shape index (κ2) is 5.68. The molecule has 0 spiro atoms. The topological polar surface area (TPSA) is 58.6 Å². The molecule has 0 radical (unpaired) electrons. The highest BCUT2D eigenvalue weighted by Gasteiger charge is 2.33. The van der Waals surface area contributed by atoms with Gasteiger partial charge in [-0.25, -0.2) is 4.79 Å². The van der Waals surface area contributed by atoms with Crippen LogP contribution in [-0.4, -0.2) is 24.7 Å². The molecule has 1 atom stereocenters. The Kier molecular flexibility index (Phi) is 4.52. The first-order chi connectivity index (χ1) is 8.04. The SMILES string of the molecule is CCCOc1ccc(C(C)(NC)C(=O)O)cc1. The van der Waals surface area contributed by atoms with Crippen LogP contribution in [0.15, 0.2) is 24.3 Å². The van der Waals surface area contributed by atoms with Gasteiger partial charge in [0.05, 0.1) is 6.61 Å². The molecule has 0 saturated heterocycles. The lowest BCUT2D eigenvalue weighted by molar-refractivity contribution is -0.144. The van der Waals surface area contributed by atoms with Gasteiger partial charge in [0.15, 0.2) is 0 Å². The van der Waals surface area contributed by atoms with Gasteiger partial charge in [-0.1, -0.05) is 19.1 Å². The summed E-state index contributed by atoms with van der Waals surface area (Å²) in [4.78, 5) is 11.2. The van der Waals surface area contributed by atoms with E-state index in [1.54, 1.807) is 38.2 Å². The predicted molar refractivity (Wildman–Crippen MR) is 66.3 cm³/mol. The third kappa shape index (κ3) is 2.97. The maximum Gasteiger partial charge on any atom is 0.328 e. The first kappa shape index (κ1) is 13.5. The zero-order valence-corrected chi connectivity index (χ0v) is 10.5. The molecule has 1 aromatic carbocycles. The minimum absolute atomic E-state index is 0.668. The second-order valence-electron chi connectivity index (χ2n) is 4.05. The Bertz CT molecular complexity index is 375. The van der Waals surface area contributed by atoms with Gasteiger partial charge in [-0.05, 0) is 38.1 Å². The molecule has 4 heteroatoms. The average Bonchev–Trinajstić information content (AvgIpc) is 2.35. The highest BCUT2D eigenvalue weighted by atomic mass is 16.5. The van der Waals surface area contributed by atoms with Crippen LogP contribution in [0.5, 0.6) is 5.75 Å². The van der Waals surface area contributed by atoms with Gasteiger partial charge in [-0.15, -0.1) is 0 Å². The zero-order valence-electron chi connectivity index (χ0n) is 10.5. The van der Waals surface area contributed by atoms with Crippen molar-refractivity contribution >= 4 is 5.97 Å². The van der Waals surface area contributed by atoms with Gasteiger partial charge in [0.2, 0.25) is 0 Å². The van der Waals surface area contributed by atoms with E-state index in [9.17, 15) is 9.90 Å². The van der Waals surface area contributed by atoms with E-state index in [1.807, 2.05) is 6.92 Å². The molecular formula is C13H19NO3. The number of carboxylic acids is 1. The van der Waals surface area contributed by atoms with Crippen LogP contribution in [0, 0.1) is 0 Å². The van der Waals surface area contributed by atoms with E-state index in [1.165, 1.54) is 0 Å². The van der Waals surface area contributed by atoms with Crippen molar-refractivity contribution in [3.05, 3.63) is 29.8 Å². The molecule has 2 N–H and O–H groups in total. The van der Waals surface area contributed by atoms with Crippen molar-refractivity contribution < 1.29 is 14.6 Å². The number of hydrogen-bond acceptors (Lipinski definition) is 3. The summed E-state index contributed by atoms with van der Waals surface area (Å²) in [6.07, 6.45) is 0.950. The van der Waals surface area contributed by atoms with Crippen molar-refractivity contribution in [2.75, 3.05) is 13.7 Å². The summed E-state index contributed by atoms with van der Waals surface area (Å²) in [5, 5.41) is 12.0. The highest BCUT2D eigenvalue weighted by Crippen LogP contribution is 2.23. The Morgan fingerprint density at radius 2 is 2.00 bits per heavy atom. The van der Waals surface area contributed by atoms with Crippen molar-refractivity contribution in [1.82, 2.24) is 5.32 Å². The van der Waals surface area contributed by atoms with Crippen LogP contribution in [0.25, 0.3) is 0 Å². The summed E-state index contributed by atoms with van der Waals surface area (Å²) in [5.41, 5.74) is -0.361. The van der Waals surface area contributed by atoms with Crippen molar-refractivity contribution in [1.29, 1.82) is 0 Å². The molecular weight excluding hydrogens is 218 g/mol. The lowest BCUT2D eigenvalue weighted by atomic mass is 9.92. The third-order valence-electron chi connectivity index (χ3n) is 2.83. The average molecular weight is 237 g/mol. The summed E-state index contributed by atoms with van der Waals surface area (Å²) < 4.78 is 5.45. The quantitative estimate of drug-likeness (QED) is 0.794. The fourth-order valence-electron chi connectivity index (χ4n) is 1.48. The van der Waals surface area contributed by atoms with Crippen molar-refractivity contribution in [3.63, 3.8) is 0 Å². The fourth-order valence-corrected chi connectivity index (χ4v) is 1.48. The van der Waals surface area contributed by atoms with Gasteiger partial charge >= 0.3 is 5.97 Å². The second-order valence-corrected chi connectivity index (χ2v) is 4.05. The Hall–Kier alpha value is -1.55. The van der Waals surface area contributed by atoms with Gasteiger partial charge in [0.1, 0.15) is 11.3 Å². The number of nitrogens with one attached hydrogen (secondary N) is 1. The predicted octanol–water partition coefficient (Wildman–Crippen LogP) is 1.99. The van der Waals surface area contributed by atoms with Gasteiger partial charge in [-0.3, -0.25) is 0 Å². The van der Waals surface area contributed by atoms with Gasteiger partial charge in [-0.2, -0.15) is 0 Å². The van der Waals surface area contributed by atoms with Crippen LogP contribution in [0.3, 0.4) is 0 Å². The van der Waals surface area contributed by atoms with Crippen LogP contribution >= 0.6 is 0 Å². The maximum absolute atomic E-state index is 11.2. The number of ether oxygens (including phenoxy) is 1. The van der Waals surface area contributed by atoms with Crippen LogP contribution in [0.1, 0.15) is 25.8 Å². The largest absolute Gasteiger partial charge is 0.494 e. The minimum Gasteiger partial charge on any atom is -0.494 e. The van der Waals surface area contributed by atoms with Gasteiger partial charge in [0.25, 0.3) is 0 Å². The molecule has 1 unspecified atom stereocenters. The molecule has 0 bridgehead atoms. The van der Waals surface area contributed by atoms with E-state index in [0.29, 0.717) is 12.2 Å². The summed E-state index contributed by atoms with van der Waals surface area (Å²) in [6, 6.07) is 7.14. The van der Waals surface area contributed by atoms with E-state index in [4.69, 9.17) is 4.74 Å². The fraction of sp³-hybridized carbons (Fsp3) is 0.462. The Labute approximate surface area is 102 Å². The molecule has 1 rings (SSSR count). The Morgan fingerprint density at radius 1 is 1.41 bits per heavy atom. The molecule has 1 aromatic rings. The van der Waals surface area contributed by atoms with E-state index < -0.39 is 11.5 Å².